The first kappa shape index (κ1) is 12.5. The van der Waals surface area contributed by atoms with Crippen molar-refractivity contribution >= 4 is 27.7 Å². The number of carbonyl (C=O) groups is 1. The van der Waals surface area contributed by atoms with E-state index >= 15 is 0 Å². The molecule has 0 atom stereocenters. The van der Waals surface area contributed by atoms with E-state index in [1.54, 1.807) is 12.3 Å². The van der Waals surface area contributed by atoms with Crippen molar-refractivity contribution in [2.75, 3.05) is 12.3 Å². The average molecular weight is 311 g/mol. The van der Waals surface area contributed by atoms with Crippen LogP contribution in [0.15, 0.2) is 23.1 Å². The lowest BCUT2D eigenvalue weighted by Crippen LogP contribution is -2.27. The Morgan fingerprint density at radius 1 is 1.50 bits per heavy atom. The molecule has 0 bridgehead atoms. The van der Waals surface area contributed by atoms with Gasteiger partial charge >= 0.3 is 0 Å². The maximum absolute atomic E-state index is 11.8. The topological polar surface area (TPSA) is 110 Å². The molecule has 2 rings (SSSR count). The molecule has 0 unspecified atom stereocenters. The fraction of sp³-hybridized carbons (Fsp3) is 0.200. The lowest BCUT2D eigenvalue weighted by Gasteiger charge is -2.06. The van der Waals surface area contributed by atoms with E-state index in [9.17, 15) is 4.79 Å². The van der Waals surface area contributed by atoms with Crippen molar-refractivity contribution in [3.63, 3.8) is 0 Å². The number of carbonyl (C=O) groups excluding carboxylic acids is 1. The van der Waals surface area contributed by atoms with Gasteiger partial charge in [-0.3, -0.25) is 9.89 Å². The van der Waals surface area contributed by atoms with Gasteiger partial charge in [-0.1, -0.05) is 0 Å². The SMILES string of the molecule is Nc1ncc(Br)cc1C(=O)NCCc1ncn[nH]1. The van der Waals surface area contributed by atoms with Gasteiger partial charge in [0.2, 0.25) is 0 Å². The maximum Gasteiger partial charge on any atom is 0.255 e. The largest absolute Gasteiger partial charge is 0.383 e. The predicted octanol–water partition coefficient (Wildman–Crippen LogP) is 0.517. The molecule has 2 aromatic heterocycles. The summed E-state index contributed by atoms with van der Waals surface area (Å²) in [6.45, 7) is 0.444. The molecule has 0 aliphatic heterocycles. The molecule has 94 valence electrons. The van der Waals surface area contributed by atoms with Crippen LogP contribution < -0.4 is 11.1 Å². The van der Waals surface area contributed by atoms with E-state index in [0.29, 0.717) is 23.0 Å². The predicted molar refractivity (Wildman–Crippen MR) is 68.8 cm³/mol. The van der Waals surface area contributed by atoms with Crippen molar-refractivity contribution in [3.8, 4) is 0 Å². The van der Waals surface area contributed by atoms with Crippen LogP contribution in [0.5, 0.6) is 0 Å². The summed E-state index contributed by atoms with van der Waals surface area (Å²) in [7, 11) is 0. The molecule has 2 aromatic rings. The van der Waals surface area contributed by atoms with Crippen LogP contribution in [0.3, 0.4) is 0 Å². The minimum absolute atomic E-state index is 0.204. The van der Waals surface area contributed by atoms with Gasteiger partial charge in [0, 0.05) is 23.6 Å². The minimum Gasteiger partial charge on any atom is -0.383 e. The van der Waals surface area contributed by atoms with E-state index in [4.69, 9.17) is 5.73 Å². The molecule has 7 nitrogen and oxygen atoms in total. The number of aromatic amines is 1. The molecule has 0 radical (unpaired) electrons. The number of hydrogen-bond donors (Lipinski definition) is 3. The van der Waals surface area contributed by atoms with Gasteiger partial charge in [-0.15, -0.1) is 0 Å². The van der Waals surface area contributed by atoms with Crippen LogP contribution in [0.4, 0.5) is 5.82 Å². The molecule has 18 heavy (non-hydrogen) atoms. The van der Waals surface area contributed by atoms with Gasteiger partial charge < -0.3 is 11.1 Å². The molecule has 0 saturated carbocycles. The number of H-pyrrole nitrogens is 1. The van der Waals surface area contributed by atoms with Gasteiger partial charge in [0.05, 0.1) is 5.56 Å². The highest BCUT2D eigenvalue weighted by atomic mass is 79.9. The molecule has 0 spiro atoms. The van der Waals surface area contributed by atoms with Crippen molar-refractivity contribution in [1.29, 1.82) is 0 Å². The van der Waals surface area contributed by atoms with Gasteiger partial charge in [0.25, 0.3) is 5.91 Å². The highest BCUT2D eigenvalue weighted by Gasteiger charge is 2.10. The van der Waals surface area contributed by atoms with E-state index in [1.807, 2.05) is 0 Å². The quantitative estimate of drug-likeness (QED) is 0.762. The molecular weight excluding hydrogens is 300 g/mol. The Hall–Kier alpha value is -1.96. The van der Waals surface area contributed by atoms with Crippen molar-refractivity contribution in [1.82, 2.24) is 25.5 Å². The smallest absolute Gasteiger partial charge is 0.255 e. The number of aromatic nitrogens is 4. The fourth-order valence-corrected chi connectivity index (χ4v) is 1.70. The van der Waals surface area contributed by atoms with E-state index < -0.39 is 0 Å². The van der Waals surface area contributed by atoms with Crippen molar-refractivity contribution < 1.29 is 4.79 Å². The normalized spacial score (nSPS) is 10.3. The van der Waals surface area contributed by atoms with Crippen LogP contribution in [0.2, 0.25) is 0 Å². The molecule has 4 N–H and O–H groups in total. The summed E-state index contributed by atoms with van der Waals surface area (Å²) in [4.78, 5) is 19.7. The Bertz CT molecular complexity index is 541. The Kier molecular flexibility index (Phi) is 3.88. The summed E-state index contributed by atoms with van der Waals surface area (Å²) in [5.74, 6) is 0.659. The highest BCUT2D eigenvalue weighted by Crippen LogP contribution is 2.15. The van der Waals surface area contributed by atoms with Gasteiger partial charge in [0.1, 0.15) is 18.0 Å². The lowest BCUT2D eigenvalue weighted by molar-refractivity contribution is 0.0954. The third-order valence-electron chi connectivity index (χ3n) is 2.24. The number of nitrogens with zero attached hydrogens (tertiary/aromatic N) is 3. The average Bonchev–Trinajstić information content (AvgIpc) is 2.85. The zero-order valence-corrected chi connectivity index (χ0v) is 10.9. The third kappa shape index (κ3) is 3.04. The van der Waals surface area contributed by atoms with Gasteiger partial charge in [0.15, 0.2) is 0 Å². The van der Waals surface area contributed by atoms with Crippen LogP contribution in [-0.2, 0) is 6.42 Å². The zero-order chi connectivity index (χ0) is 13.0. The van der Waals surface area contributed by atoms with Crippen LogP contribution in [0.1, 0.15) is 16.2 Å². The van der Waals surface area contributed by atoms with Crippen LogP contribution >= 0.6 is 15.9 Å². The van der Waals surface area contributed by atoms with E-state index in [1.165, 1.54) is 6.33 Å². The number of pyridine rings is 1. The van der Waals surface area contributed by atoms with Gasteiger partial charge in [-0.25, -0.2) is 9.97 Å². The van der Waals surface area contributed by atoms with E-state index in [-0.39, 0.29) is 11.7 Å². The Morgan fingerprint density at radius 2 is 2.33 bits per heavy atom. The number of nitrogens with two attached hydrogens (primary N) is 1. The lowest BCUT2D eigenvalue weighted by atomic mass is 10.2. The number of nitrogens with one attached hydrogen (secondary N) is 2. The van der Waals surface area contributed by atoms with Gasteiger partial charge in [-0.05, 0) is 22.0 Å². The van der Waals surface area contributed by atoms with Crippen molar-refractivity contribution in [2.24, 2.45) is 0 Å². The highest BCUT2D eigenvalue weighted by molar-refractivity contribution is 9.10. The first-order valence-electron chi connectivity index (χ1n) is 5.20. The van der Waals surface area contributed by atoms with E-state index in [2.05, 4.69) is 41.4 Å². The summed E-state index contributed by atoms with van der Waals surface area (Å²) in [6, 6.07) is 1.63. The van der Waals surface area contributed by atoms with Gasteiger partial charge in [-0.2, -0.15) is 5.10 Å². The second-order valence-corrected chi connectivity index (χ2v) is 4.44. The monoisotopic (exact) mass is 310 g/mol. The van der Waals surface area contributed by atoms with Crippen molar-refractivity contribution in [3.05, 3.63) is 34.5 Å². The standard InChI is InChI=1S/C10H11BrN6O/c11-6-3-7(9(12)14-4-6)10(18)13-2-1-8-15-5-16-17-8/h3-5H,1-2H2,(H2,12,14)(H,13,18)(H,15,16,17). The molecular formula is C10H11BrN6O. The summed E-state index contributed by atoms with van der Waals surface area (Å²) in [5.41, 5.74) is 5.98. The second-order valence-electron chi connectivity index (χ2n) is 3.52. The number of amides is 1. The third-order valence-corrected chi connectivity index (χ3v) is 2.68. The summed E-state index contributed by atoms with van der Waals surface area (Å²) in [6.07, 6.45) is 3.54. The molecule has 0 aliphatic carbocycles. The molecule has 0 saturated heterocycles. The van der Waals surface area contributed by atoms with Crippen LogP contribution in [0, 0.1) is 0 Å². The second kappa shape index (κ2) is 5.58. The van der Waals surface area contributed by atoms with Crippen LogP contribution in [-0.4, -0.2) is 32.6 Å². The molecule has 1 amide bonds. The van der Waals surface area contributed by atoms with Crippen LogP contribution in [0.25, 0.3) is 0 Å². The molecule has 8 heteroatoms. The Balaban J connectivity index is 1.93. The summed E-state index contributed by atoms with van der Waals surface area (Å²) >= 11 is 3.24. The Morgan fingerprint density at radius 3 is 3.06 bits per heavy atom. The first-order chi connectivity index (χ1) is 8.66. The molecule has 0 aliphatic rings. The van der Waals surface area contributed by atoms with Crippen molar-refractivity contribution in [2.45, 2.75) is 6.42 Å². The number of halogens is 1. The minimum atomic E-state index is -0.263. The molecule has 0 fully saturated rings. The maximum atomic E-state index is 11.8. The number of rotatable bonds is 4. The molecule has 2 heterocycles. The number of nitrogen functional groups attached to an aromatic ring is 1. The first-order valence-corrected chi connectivity index (χ1v) is 5.99. The zero-order valence-electron chi connectivity index (χ0n) is 9.35. The molecule has 0 aromatic carbocycles. The van der Waals surface area contributed by atoms with E-state index in [0.717, 1.165) is 5.82 Å². The Labute approximate surface area is 111 Å². The fourth-order valence-electron chi connectivity index (χ4n) is 1.37. The number of hydrogen-bond acceptors (Lipinski definition) is 5. The summed E-state index contributed by atoms with van der Waals surface area (Å²) in [5, 5.41) is 9.17. The summed E-state index contributed by atoms with van der Waals surface area (Å²) < 4.78 is 0.706. The number of anilines is 1.